The average molecular weight is 395 g/mol. The molecule has 1 N–H and O–H groups in total. The van der Waals surface area contributed by atoms with Gasteiger partial charge in [-0.05, 0) is 74.8 Å². The van der Waals surface area contributed by atoms with Crippen LogP contribution in [0, 0.1) is 11.6 Å². The number of likely N-dealkylation sites (tertiary alicyclic amines) is 1. The predicted octanol–water partition coefficient (Wildman–Crippen LogP) is 5.25. The molecule has 1 amide bonds. The van der Waals surface area contributed by atoms with Crippen molar-refractivity contribution in [2.75, 3.05) is 25.0 Å². The Balaban J connectivity index is 1.96. The number of amides is 1. The van der Waals surface area contributed by atoms with Gasteiger partial charge in [0.15, 0.2) is 0 Å². The molecule has 0 saturated carbocycles. The van der Waals surface area contributed by atoms with Crippen molar-refractivity contribution in [1.29, 1.82) is 0 Å². The molecule has 0 aromatic heterocycles. The van der Waals surface area contributed by atoms with E-state index >= 15 is 0 Å². The first-order valence-corrected chi connectivity index (χ1v) is 9.19. The Bertz CT molecular complexity index is 826. The van der Waals surface area contributed by atoms with Crippen molar-refractivity contribution in [3.05, 3.63) is 53.1 Å². The highest BCUT2D eigenvalue weighted by Crippen LogP contribution is 2.34. The van der Waals surface area contributed by atoms with Gasteiger partial charge in [0.05, 0.1) is 5.69 Å². The molecule has 7 heteroatoms. The topological polar surface area (TPSA) is 43.8 Å². The lowest BCUT2D eigenvalue weighted by Gasteiger charge is -2.26. The van der Waals surface area contributed by atoms with Gasteiger partial charge >= 0.3 is 6.09 Å². The first-order valence-electron chi connectivity index (χ1n) is 8.82. The molecule has 1 atom stereocenters. The van der Waals surface area contributed by atoms with Gasteiger partial charge in [-0.3, -0.25) is 4.90 Å². The van der Waals surface area contributed by atoms with Gasteiger partial charge in [-0.25, -0.2) is 13.6 Å². The molecule has 1 fully saturated rings. The van der Waals surface area contributed by atoms with E-state index in [4.69, 9.17) is 11.6 Å². The Labute approximate surface area is 162 Å². The number of carboxylic acid groups (broad SMARTS) is 1. The minimum atomic E-state index is -1.13. The van der Waals surface area contributed by atoms with Crippen LogP contribution >= 0.6 is 11.6 Å². The fourth-order valence-corrected chi connectivity index (χ4v) is 3.85. The van der Waals surface area contributed by atoms with Crippen molar-refractivity contribution in [2.24, 2.45) is 0 Å². The number of benzene rings is 2. The Hall–Kier alpha value is -2.18. The highest BCUT2D eigenvalue weighted by atomic mass is 35.5. The number of rotatable bonds is 5. The van der Waals surface area contributed by atoms with E-state index in [1.54, 1.807) is 0 Å². The van der Waals surface area contributed by atoms with Crippen LogP contribution in [0.3, 0.4) is 0 Å². The molecule has 0 aliphatic carbocycles. The van der Waals surface area contributed by atoms with Crippen LogP contribution < -0.4 is 4.90 Å². The summed E-state index contributed by atoms with van der Waals surface area (Å²) < 4.78 is 27.7. The van der Waals surface area contributed by atoms with Crippen LogP contribution in [0.5, 0.6) is 0 Å². The first kappa shape index (κ1) is 19.6. The smallest absolute Gasteiger partial charge is 0.411 e. The van der Waals surface area contributed by atoms with Gasteiger partial charge in [0.1, 0.15) is 11.6 Å². The lowest BCUT2D eigenvalue weighted by atomic mass is 10.0. The SMILES string of the molecule is CN1CCCC1CCN(C(=O)O)c1ccc(F)cc1-c1cc(F)cc(Cl)c1. The number of hydrogen-bond donors (Lipinski definition) is 1. The zero-order valence-electron chi connectivity index (χ0n) is 15.0. The molecule has 1 heterocycles. The molecule has 3 rings (SSSR count). The monoisotopic (exact) mass is 394 g/mol. The molecule has 0 radical (unpaired) electrons. The molecule has 1 unspecified atom stereocenters. The van der Waals surface area contributed by atoms with Crippen LogP contribution in [0.1, 0.15) is 19.3 Å². The van der Waals surface area contributed by atoms with Crippen LogP contribution in [0.25, 0.3) is 11.1 Å². The van der Waals surface area contributed by atoms with Crippen molar-refractivity contribution < 1.29 is 18.7 Å². The molecule has 0 spiro atoms. The molecule has 1 aliphatic rings. The van der Waals surface area contributed by atoms with E-state index in [2.05, 4.69) is 4.90 Å². The summed E-state index contributed by atoms with van der Waals surface area (Å²) in [6, 6.07) is 8.00. The minimum Gasteiger partial charge on any atom is -0.465 e. The van der Waals surface area contributed by atoms with Crippen molar-refractivity contribution in [1.82, 2.24) is 4.90 Å². The van der Waals surface area contributed by atoms with Crippen LogP contribution in [0.2, 0.25) is 5.02 Å². The second kappa shape index (κ2) is 8.23. The molecule has 2 aromatic carbocycles. The number of halogens is 3. The summed E-state index contributed by atoms with van der Waals surface area (Å²) in [5, 5.41) is 9.90. The molecule has 0 bridgehead atoms. The van der Waals surface area contributed by atoms with Gasteiger partial charge in [0.2, 0.25) is 0 Å². The van der Waals surface area contributed by atoms with E-state index in [1.807, 2.05) is 7.05 Å². The third-order valence-electron chi connectivity index (χ3n) is 5.01. The van der Waals surface area contributed by atoms with Crippen LogP contribution in [-0.2, 0) is 0 Å². The molecule has 1 saturated heterocycles. The summed E-state index contributed by atoms with van der Waals surface area (Å²) in [5.74, 6) is -1.10. The van der Waals surface area contributed by atoms with Gasteiger partial charge in [0, 0.05) is 23.2 Å². The van der Waals surface area contributed by atoms with Crippen molar-refractivity contribution >= 4 is 23.4 Å². The van der Waals surface area contributed by atoms with Gasteiger partial charge in [-0.2, -0.15) is 0 Å². The summed E-state index contributed by atoms with van der Waals surface area (Å²) in [5.41, 5.74) is 0.934. The average Bonchev–Trinajstić information content (AvgIpc) is 3.00. The molecule has 2 aromatic rings. The number of anilines is 1. The summed E-state index contributed by atoms with van der Waals surface area (Å²) in [7, 11) is 2.03. The maximum Gasteiger partial charge on any atom is 0.411 e. The molecule has 144 valence electrons. The summed E-state index contributed by atoms with van der Waals surface area (Å²) in [6.45, 7) is 1.27. The summed E-state index contributed by atoms with van der Waals surface area (Å²) in [6.07, 6.45) is 1.66. The van der Waals surface area contributed by atoms with Crippen LogP contribution in [-0.4, -0.2) is 42.3 Å². The van der Waals surface area contributed by atoms with Gasteiger partial charge in [0.25, 0.3) is 0 Å². The number of hydrogen-bond acceptors (Lipinski definition) is 2. The zero-order chi connectivity index (χ0) is 19.6. The van der Waals surface area contributed by atoms with Crippen LogP contribution in [0.15, 0.2) is 36.4 Å². The lowest BCUT2D eigenvalue weighted by molar-refractivity contribution is 0.200. The van der Waals surface area contributed by atoms with Gasteiger partial charge < -0.3 is 10.0 Å². The van der Waals surface area contributed by atoms with E-state index < -0.39 is 17.7 Å². The third kappa shape index (κ3) is 4.57. The predicted molar refractivity (Wildman–Crippen MR) is 102 cm³/mol. The molecule has 27 heavy (non-hydrogen) atoms. The van der Waals surface area contributed by atoms with Crippen molar-refractivity contribution in [3.63, 3.8) is 0 Å². The maximum absolute atomic E-state index is 13.9. The Kier molecular flexibility index (Phi) is 5.97. The second-order valence-electron chi connectivity index (χ2n) is 6.82. The van der Waals surface area contributed by atoms with E-state index in [1.165, 1.54) is 35.2 Å². The summed E-state index contributed by atoms with van der Waals surface area (Å²) >= 11 is 5.93. The quantitative estimate of drug-likeness (QED) is 0.752. The van der Waals surface area contributed by atoms with Crippen molar-refractivity contribution in [2.45, 2.75) is 25.3 Å². The van der Waals surface area contributed by atoms with Gasteiger partial charge in [-0.1, -0.05) is 11.6 Å². The molecular formula is C20H21ClF2N2O2. The highest BCUT2D eigenvalue weighted by Gasteiger charge is 2.25. The Morgan fingerprint density at radius 3 is 2.67 bits per heavy atom. The number of nitrogens with zero attached hydrogens (tertiary/aromatic N) is 2. The minimum absolute atomic E-state index is 0.162. The first-order chi connectivity index (χ1) is 12.8. The second-order valence-corrected chi connectivity index (χ2v) is 7.26. The molecular weight excluding hydrogens is 374 g/mol. The van der Waals surface area contributed by atoms with E-state index in [9.17, 15) is 18.7 Å². The fraction of sp³-hybridized carbons (Fsp3) is 0.350. The Morgan fingerprint density at radius 1 is 1.26 bits per heavy atom. The largest absolute Gasteiger partial charge is 0.465 e. The van der Waals surface area contributed by atoms with Gasteiger partial charge in [-0.15, -0.1) is 0 Å². The highest BCUT2D eigenvalue weighted by molar-refractivity contribution is 6.30. The maximum atomic E-state index is 13.9. The number of carbonyl (C=O) groups is 1. The lowest BCUT2D eigenvalue weighted by Crippen LogP contribution is -2.35. The molecule has 1 aliphatic heterocycles. The fourth-order valence-electron chi connectivity index (χ4n) is 3.63. The third-order valence-corrected chi connectivity index (χ3v) is 5.23. The van der Waals surface area contributed by atoms with E-state index in [0.29, 0.717) is 29.3 Å². The standard InChI is InChI=1S/C20H21ClF2N2O2/c1-24-7-2-3-17(24)6-8-25(20(26)27)19-5-4-15(22)12-18(19)13-9-14(21)11-16(23)10-13/h4-5,9-12,17H,2-3,6-8H2,1H3,(H,26,27). The van der Waals surface area contributed by atoms with Crippen LogP contribution in [0.4, 0.5) is 19.3 Å². The van der Waals surface area contributed by atoms with E-state index in [-0.39, 0.29) is 11.6 Å². The zero-order valence-corrected chi connectivity index (χ0v) is 15.7. The Morgan fingerprint density at radius 2 is 2.04 bits per heavy atom. The van der Waals surface area contributed by atoms with Crippen molar-refractivity contribution in [3.8, 4) is 11.1 Å². The normalized spacial score (nSPS) is 17.3. The van der Waals surface area contributed by atoms with E-state index in [0.717, 1.165) is 25.5 Å². The summed E-state index contributed by atoms with van der Waals surface area (Å²) in [4.78, 5) is 15.3. The molecule has 4 nitrogen and oxygen atoms in total.